The summed E-state index contributed by atoms with van der Waals surface area (Å²) in [5, 5.41) is 3.79. The van der Waals surface area contributed by atoms with E-state index in [9.17, 15) is 0 Å². The Bertz CT molecular complexity index is 418. The lowest BCUT2D eigenvalue weighted by Crippen LogP contribution is -2.14. The van der Waals surface area contributed by atoms with Crippen LogP contribution in [-0.4, -0.2) is 17.1 Å². The second-order valence-corrected chi connectivity index (χ2v) is 5.34. The van der Waals surface area contributed by atoms with Crippen LogP contribution >= 0.6 is 22.6 Å². The third-order valence-electron chi connectivity index (χ3n) is 2.69. The van der Waals surface area contributed by atoms with Gasteiger partial charge in [-0.2, -0.15) is 0 Å². The van der Waals surface area contributed by atoms with E-state index in [1.807, 2.05) is 25.1 Å². The molecule has 1 aliphatic rings. The highest BCUT2D eigenvalue weighted by atomic mass is 127. The van der Waals surface area contributed by atoms with Gasteiger partial charge in [-0.1, -0.05) is 58.9 Å². The van der Waals surface area contributed by atoms with Crippen LogP contribution < -0.4 is 0 Å². The zero-order chi connectivity index (χ0) is 13.4. The molecule has 1 aromatic carbocycles. The van der Waals surface area contributed by atoms with E-state index in [1.54, 1.807) is 0 Å². The van der Waals surface area contributed by atoms with Crippen LogP contribution in [0.4, 0.5) is 0 Å². The van der Waals surface area contributed by atoms with E-state index < -0.39 is 0 Å². The lowest BCUT2D eigenvalue weighted by Gasteiger charge is -2.15. The number of halogens is 1. The van der Waals surface area contributed by atoms with E-state index in [0.717, 1.165) is 12.0 Å². The molecule has 1 aliphatic carbocycles. The molecule has 0 saturated carbocycles. The summed E-state index contributed by atoms with van der Waals surface area (Å²) in [6.07, 6.45) is 0.715. The molecule has 2 atom stereocenters. The minimum Gasteiger partial charge on any atom is -0.373 e. The highest BCUT2D eigenvalue weighted by molar-refractivity contribution is 14.1. The maximum atomic E-state index is 8.49. The number of fused-ring (bicyclic) bond motifs is 1. The van der Waals surface area contributed by atoms with Crippen LogP contribution in [0.3, 0.4) is 0 Å². The molecule has 0 saturated heterocycles. The molecule has 0 amide bonds. The smallest absolute Gasteiger partial charge is 0.0915 e. The maximum absolute atomic E-state index is 8.49. The lowest BCUT2D eigenvalue weighted by molar-refractivity contribution is 0.0519. The predicted molar refractivity (Wildman–Crippen MR) is 82.0 cm³/mol. The van der Waals surface area contributed by atoms with Crippen molar-refractivity contribution in [1.82, 2.24) is 0 Å². The van der Waals surface area contributed by atoms with Crippen LogP contribution in [0, 0.1) is 0 Å². The van der Waals surface area contributed by atoms with Crippen LogP contribution in [0.15, 0.2) is 29.4 Å². The summed E-state index contributed by atoms with van der Waals surface area (Å²) in [7, 11) is 0. The highest BCUT2D eigenvalue weighted by Crippen LogP contribution is 2.35. The average Bonchev–Trinajstić information content (AvgIpc) is 2.70. The fourth-order valence-electron chi connectivity index (χ4n) is 2.09. The van der Waals surface area contributed by atoms with Gasteiger partial charge in [0.25, 0.3) is 0 Å². The Morgan fingerprint density at radius 3 is 2.72 bits per heavy atom. The van der Waals surface area contributed by atoms with Crippen molar-refractivity contribution in [3.05, 3.63) is 45.8 Å². The number of azide groups is 1. The molecular weight excluding hydrogens is 341 g/mol. The summed E-state index contributed by atoms with van der Waals surface area (Å²) in [5.41, 5.74) is 10.9. The van der Waals surface area contributed by atoms with Gasteiger partial charge in [0.1, 0.15) is 0 Å². The van der Waals surface area contributed by atoms with Crippen molar-refractivity contribution in [3.8, 4) is 0 Å². The number of hydrogen-bond acceptors (Lipinski definition) is 2. The SMILES string of the molecule is CCI.CCO[C@@H]1c2ccccc2C[C@H]1N=[N+]=[N-]. The van der Waals surface area contributed by atoms with Gasteiger partial charge in [0.2, 0.25) is 0 Å². The molecule has 0 fully saturated rings. The highest BCUT2D eigenvalue weighted by Gasteiger charge is 2.31. The average molecular weight is 359 g/mol. The molecule has 0 bridgehead atoms. The molecule has 0 radical (unpaired) electrons. The first kappa shape index (κ1) is 15.3. The van der Waals surface area contributed by atoms with Crippen molar-refractivity contribution in [2.45, 2.75) is 32.4 Å². The first-order chi connectivity index (χ1) is 8.78. The monoisotopic (exact) mass is 359 g/mol. The standard InChI is InChI=1S/C11H13N3O.C2H5I/c1-2-15-11-9-6-4-3-5-8(9)7-10(11)13-14-12;1-2-3/h3-6,10-11H,2,7H2,1H3;2H2,1H3/t10-,11-;/m1./s1. The van der Waals surface area contributed by atoms with Crippen LogP contribution in [0.1, 0.15) is 31.1 Å². The summed E-state index contributed by atoms with van der Waals surface area (Å²) >= 11 is 2.29. The summed E-state index contributed by atoms with van der Waals surface area (Å²) in [4.78, 5) is 2.88. The number of hydrogen-bond donors (Lipinski definition) is 0. The molecule has 5 heteroatoms. The molecule has 0 aromatic heterocycles. The van der Waals surface area contributed by atoms with Gasteiger partial charge in [-0.05, 0) is 34.4 Å². The summed E-state index contributed by atoms with van der Waals surface area (Å²) < 4.78 is 6.85. The van der Waals surface area contributed by atoms with Gasteiger partial charge < -0.3 is 4.74 Å². The first-order valence-corrected chi connectivity index (χ1v) is 7.60. The van der Waals surface area contributed by atoms with E-state index in [2.05, 4.69) is 45.6 Å². The van der Waals surface area contributed by atoms with Crippen LogP contribution in [0.5, 0.6) is 0 Å². The van der Waals surface area contributed by atoms with Crippen molar-refractivity contribution in [2.24, 2.45) is 5.11 Å². The zero-order valence-corrected chi connectivity index (χ0v) is 12.9. The van der Waals surface area contributed by atoms with Gasteiger partial charge >= 0.3 is 0 Å². The molecule has 18 heavy (non-hydrogen) atoms. The largest absolute Gasteiger partial charge is 0.373 e. The second-order valence-electron chi connectivity index (χ2n) is 3.82. The topological polar surface area (TPSA) is 58.0 Å². The molecule has 0 aliphatic heterocycles. The molecule has 0 spiro atoms. The Labute approximate surface area is 121 Å². The number of ether oxygens (including phenoxy) is 1. The van der Waals surface area contributed by atoms with Crippen molar-refractivity contribution >= 4 is 22.6 Å². The molecule has 98 valence electrons. The van der Waals surface area contributed by atoms with Crippen molar-refractivity contribution in [2.75, 3.05) is 11.0 Å². The Morgan fingerprint density at radius 1 is 1.44 bits per heavy atom. The zero-order valence-electron chi connectivity index (χ0n) is 10.7. The van der Waals surface area contributed by atoms with E-state index in [-0.39, 0.29) is 12.1 Å². The van der Waals surface area contributed by atoms with E-state index in [4.69, 9.17) is 10.3 Å². The summed E-state index contributed by atoms with van der Waals surface area (Å²) in [6, 6.07) is 8.01. The fourth-order valence-corrected chi connectivity index (χ4v) is 2.09. The Morgan fingerprint density at radius 2 is 2.11 bits per heavy atom. The number of rotatable bonds is 3. The van der Waals surface area contributed by atoms with Gasteiger partial charge in [0.05, 0.1) is 12.1 Å². The van der Waals surface area contributed by atoms with Gasteiger partial charge in [0, 0.05) is 11.5 Å². The Hall–Kier alpha value is -0.780. The number of nitrogens with zero attached hydrogens (tertiary/aromatic N) is 3. The minimum absolute atomic E-state index is 0.0675. The number of benzene rings is 1. The quantitative estimate of drug-likeness (QED) is 0.259. The fraction of sp³-hybridized carbons (Fsp3) is 0.538. The van der Waals surface area contributed by atoms with Gasteiger partial charge in [0.15, 0.2) is 0 Å². The van der Waals surface area contributed by atoms with Crippen LogP contribution in [-0.2, 0) is 11.2 Å². The first-order valence-electron chi connectivity index (χ1n) is 6.08. The summed E-state index contributed by atoms with van der Waals surface area (Å²) in [6.45, 7) is 4.70. The normalized spacial score (nSPS) is 20.4. The lowest BCUT2D eigenvalue weighted by atomic mass is 10.1. The molecule has 4 nitrogen and oxygen atoms in total. The van der Waals surface area contributed by atoms with E-state index in [1.165, 1.54) is 9.99 Å². The van der Waals surface area contributed by atoms with Crippen LogP contribution in [0.2, 0.25) is 0 Å². The van der Waals surface area contributed by atoms with Crippen molar-refractivity contribution < 1.29 is 4.74 Å². The third kappa shape index (κ3) is 3.86. The Kier molecular flexibility index (Phi) is 7.08. The maximum Gasteiger partial charge on any atom is 0.0915 e. The van der Waals surface area contributed by atoms with E-state index in [0.29, 0.717) is 6.61 Å². The van der Waals surface area contributed by atoms with Crippen molar-refractivity contribution in [1.29, 1.82) is 0 Å². The molecule has 0 unspecified atom stereocenters. The van der Waals surface area contributed by atoms with Gasteiger partial charge in [-0.3, -0.25) is 0 Å². The van der Waals surface area contributed by atoms with E-state index >= 15 is 0 Å². The molecule has 1 aromatic rings. The predicted octanol–water partition coefficient (Wildman–Crippen LogP) is 4.44. The van der Waals surface area contributed by atoms with Crippen molar-refractivity contribution in [3.63, 3.8) is 0 Å². The number of alkyl halides is 1. The Balaban J connectivity index is 0.000000492. The molecule has 0 N–H and O–H groups in total. The van der Waals surface area contributed by atoms with Gasteiger partial charge in [-0.25, -0.2) is 0 Å². The summed E-state index contributed by atoms with van der Waals surface area (Å²) in [5.74, 6) is 0. The second kappa shape index (κ2) is 8.34. The van der Waals surface area contributed by atoms with Gasteiger partial charge in [-0.15, -0.1) is 0 Å². The van der Waals surface area contributed by atoms with Crippen LogP contribution in [0.25, 0.3) is 10.4 Å². The molecular formula is C13H18IN3O. The molecule has 0 heterocycles. The minimum atomic E-state index is -0.0904. The third-order valence-corrected chi connectivity index (χ3v) is 2.69. The molecule has 2 rings (SSSR count).